The van der Waals surface area contributed by atoms with E-state index in [2.05, 4.69) is 4.90 Å². The number of amides is 1. The second kappa shape index (κ2) is 5.09. The number of carbonyl (C=O) groups excluding carboxylic acids is 1. The van der Waals surface area contributed by atoms with Crippen molar-refractivity contribution in [1.29, 1.82) is 0 Å². The first-order valence-electron chi connectivity index (χ1n) is 6.04. The molecule has 1 aromatic heterocycles. The molecule has 1 saturated heterocycles. The molecule has 6 heteroatoms. The molecule has 0 aliphatic carbocycles. The molecule has 0 unspecified atom stereocenters. The predicted molar refractivity (Wildman–Crippen MR) is 65.5 cm³/mol. The van der Waals surface area contributed by atoms with E-state index in [1.165, 1.54) is 0 Å². The van der Waals surface area contributed by atoms with Crippen molar-refractivity contribution in [3.05, 3.63) is 23.7 Å². The highest BCUT2D eigenvalue weighted by molar-refractivity contribution is 5.90. The van der Waals surface area contributed by atoms with E-state index in [1.807, 2.05) is 12.3 Å². The van der Waals surface area contributed by atoms with Gasteiger partial charge in [-0.05, 0) is 31.9 Å². The summed E-state index contributed by atoms with van der Waals surface area (Å²) in [6.45, 7) is 4.16. The summed E-state index contributed by atoms with van der Waals surface area (Å²) in [5, 5.41) is 9.85. The number of hydrogen-bond acceptors (Lipinski definition) is 5. The van der Waals surface area contributed by atoms with Crippen LogP contribution in [0.1, 0.15) is 36.1 Å². The highest BCUT2D eigenvalue weighted by Gasteiger charge is 2.27. The van der Waals surface area contributed by atoms with Crippen LogP contribution < -0.4 is 11.3 Å². The van der Waals surface area contributed by atoms with Gasteiger partial charge in [-0.2, -0.15) is 0 Å². The van der Waals surface area contributed by atoms with Crippen LogP contribution in [-0.2, 0) is 6.54 Å². The quantitative estimate of drug-likeness (QED) is 0.407. The molecule has 0 aromatic carbocycles. The van der Waals surface area contributed by atoms with Crippen LogP contribution in [-0.4, -0.2) is 34.6 Å². The molecule has 0 bridgehead atoms. The van der Waals surface area contributed by atoms with Gasteiger partial charge in [0.1, 0.15) is 5.76 Å². The fourth-order valence-corrected chi connectivity index (χ4v) is 2.07. The molecule has 18 heavy (non-hydrogen) atoms. The summed E-state index contributed by atoms with van der Waals surface area (Å²) in [5.74, 6) is 5.55. The minimum atomic E-state index is -0.551. The van der Waals surface area contributed by atoms with E-state index in [1.54, 1.807) is 12.1 Å². The Labute approximate surface area is 106 Å². The molecule has 2 heterocycles. The Balaban J connectivity index is 1.90. The molecular formula is C12H19N3O3. The number of aliphatic hydroxyl groups is 1. The average Bonchev–Trinajstić information content (AvgIpc) is 2.79. The highest BCUT2D eigenvalue weighted by atomic mass is 16.4. The Morgan fingerprint density at radius 1 is 1.56 bits per heavy atom. The summed E-state index contributed by atoms with van der Waals surface area (Å²) in [5.41, 5.74) is 1.48. The summed E-state index contributed by atoms with van der Waals surface area (Å²) >= 11 is 0. The van der Waals surface area contributed by atoms with Crippen molar-refractivity contribution in [3.63, 3.8) is 0 Å². The Morgan fingerprint density at radius 3 is 2.83 bits per heavy atom. The first kappa shape index (κ1) is 13.1. The molecule has 1 aromatic rings. The smallest absolute Gasteiger partial charge is 0.300 e. The lowest BCUT2D eigenvalue weighted by atomic mass is 9.94. The zero-order valence-corrected chi connectivity index (χ0v) is 10.5. The molecule has 6 nitrogen and oxygen atoms in total. The second-order valence-electron chi connectivity index (χ2n) is 5.01. The molecule has 0 radical (unpaired) electrons. The number of carbonyl (C=O) groups is 1. The van der Waals surface area contributed by atoms with Gasteiger partial charge in [-0.15, -0.1) is 0 Å². The van der Waals surface area contributed by atoms with Gasteiger partial charge in [0.2, 0.25) is 0 Å². The summed E-state index contributed by atoms with van der Waals surface area (Å²) in [4.78, 5) is 13.4. The van der Waals surface area contributed by atoms with Crippen molar-refractivity contribution in [1.82, 2.24) is 10.3 Å². The third-order valence-electron chi connectivity index (χ3n) is 3.33. The maximum absolute atomic E-state index is 11.2. The van der Waals surface area contributed by atoms with Crippen LogP contribution in [0.15, 0.2) is 16.5 Å². The lowest BCUT2D eigenvalue weighted by Gasteiger charge is -2.35. The molecule has 4 N–H and O–H groups in total. The molecule has 1 amide bonds. The minimum Gasteiger partial charge on any atom is -0.455 e. The van der Waals surface area contributed by atoms with E-state index < -0.39 is 11.5 Å². The minimum absolute atomic E-state index is 0.219. The van der Waals surface area contributed by atoms with Gasteiger partial charge in [-0.3, -0.25) is 15.1 Å². The number of piperidine rings is 1. The van der Waals surface area contributed by atoms with Gasteiger partial charge in [-0.25, -0.2) is 5.84 Å². The second-order valence-corrected chi connectivity index (χ2v) is 5.01. The lowest BCUT2D eigenvalue weighted by Crippen LogP contribution is -2.41. The van der Waals surface area contributed by atoms with Crippen molar-refractivity contribution in [2.75, 3.05) is 13.1 Å². The third-order valence-corrected chi connectivity index (χ3v) is 3.33. The zero-order chi connectivity index (χ0) is 13.2. The summed E-state index contributed by atoms with van der Waals surface area (Å²) in [7, 11) is 0. The number of nitrogen functional groups attached to an aromatic ring is 1. The first-order valence-corrected chi connectivity index (χ1v) is 6.04. The lowest BCUT2D eigenvalue weighted by molar-refractivity contribution is -0.00873. The molecule has 1 fully saturated rings. The van der Waals surface area contributed by atoms with Gasteiger partial charge in [0.05, 0.1) is 12.1 Å². The third kappa shape index (κ3) is 3.10. The maximum Gasteiger partial charge on any atom is 0.300 e. The fourth-order valence-electron chi connectivity index (χ4n) is 2.07. The molecule has 0 atom stereocenters. The van der Waals surface area contributed by atoms with Crippen LogP contribution in [0, 0.1) is 0 Å². The summed E-state index contributed by atoms with van der Waals surface area (Å²) < 4.78 is 5.39. The van der Waals surface area contributed by atoms with Gasteiger partial charge < -0.3 is 9.52 Å². The maximum atomic E-state index is 11.2. The van der Waals surface area contributed by atoms with E-state index in [4.69, 9.17) is 10.3 Å². The normalized spacial score (nSPS) is 19.7. The number of rotatable bonds is 3. The Hall–Kier alpha value is -1.37. The fraction of sp³-hybridized carbons (Fsp3) is 0.583. The number of hydrazine groups is 1. The molecule has 2 rings (SSSR count). The van der Waals surface area contributed by atoms with E-state index in [0.29, 0.717) is 6.54 Å². The highest BCUT2D eigenvalue weighted by Crippen LogP contribution is 2.22. The van der Waals surface area contributed by atoms with Gasteiger partial charge in [0, 0.05) is 13.1 Å². The van der Waals surface area contributed by atoms with Gasteiger partial charge >= 0.3 is 5.91 Å². The molecule has 100 valence electrons. The predicted octanol–water partition coefficient (Wildman–Crippen LogP) is 0.230. The van der Waals surface area contributed by atoms with Crippen LogP contribution in [0.3, 0.4) is 0 Å². The Bertz CT molecular complexity index is 418. The van der Waals surface area contributed by atoms with Crippen molar-refractivity contribution >= 4 is 5.91 Å². The van der Waals surface area contributed by atoms with E-state index in [-0.39, 0.29) is 5.76 Å². The largest absolute Gasteiger partial charge is 0.455 e. The van der Waals surface area contributed by atoms with Crippen LogP contribution in [0.4, 0.5) is 0 Å². The number of likely N-dealkylation sites (tertiary alicyclic amines) is 1. The van der Waals surface area contributed by atoms with Gasteiger partial charge in [0.25, 0.3) is 0 Å². The van der Waals surface area contributed by atoms with E-state index in [0.717, 1.165) is 31.7 Å². The van der Waals surface area contributed by atoms with Gasteiger partial charge in [-0.1, -0.05) is 0 Å². The van der Waals surface area contributed by atoms with Crippen LogP contribution in [0.2, 0.25) is 0 Å². The van der Waals surface area contributed by atoms with Crippen molar-refractivity contribution in [3.8, 4) is 0 Å². The monoisotopic (exact) mass is 253 g/mol. The zero-order valence-electron chi connectivity index (χ0n) is 10.5. The standard InChI is InChI=1S/C12H19N3O3/c1-12(17)4-6-15(7-5-12)8-9-2-3-10(18-9)11(16)14-13/h2-3,17H,4-8,13H2,1H3,(H,14,16). The van der Waals surface area contributed by atoms with E-state index >= 15 is 0 Å². The number of nitrogens with zero attached hydrogens (tertiary/aromatic N) is 1. The Kier molecular flexibility index (Phi) is 3.70. The van der Waals surface area contributed by atoms with Crippen molar-refractivity contribution in [2.45, 2.75) is 31.9 Å². The van der Waals surface area contributed by atoms with Crippen LogP contribution in [0.25, 0.3) is 0 Å². The topological polar surface area (TPSA) is 91.7 Å². The average molecular weight is 253 g/mol. The van der Waals surface area contributed by atoms with E-state index in [9.17, 15) is 9.90 Å². The molecule has 1 aliphatic rings. The van der Waals surface area contributed by atoms with Crippen LogP contribution in [0.5, 0.6) is 0 Å². The molecule has 0 saturated carbocycles. The number of nitrogens with one attached hydrogen (secondary N) is 1. The van der Waals surface area contributed by atoms with Gasteiger partial charge in [0.15, 0.2) is 5.76 Å². The number of nitrogens with two attached hydrogens (primary N) is 1. The molecular weight excluding hydrogens is 234 g/mol. The molecule has 1 aliphatic heterocycles. The summed E-state index contributed by atoms with van der Waals surface area (Å²) in [6.07, 6.45) is 1.51. The van der Waals surface area contributed by atoms with Crippen LogP contribution >= 0.6 is 0 Å². The summed E-state index contributed by atoms with van der Waals surface area (Å²) in [6, 6.07) is 3.38. The SMILES string of the molecule is CC1(O)CCN(Cc2ccc(C(=O)NN)o2)CC1. The molecule has 0 spiro atoms. The number of furan rings is 1. The number of hydrogen-bond donors (Lipinski definition) is 3. The first-order chi connectivity index (χ1) is 8.50. The van der Waals surface area contributed by atoms with Crippen molar-refractivity contribution < 1.29 is 14.3 Å². The Morgan fingerprint density at radius 2 is 2.22 bits per heavy atom. The van der Waals surface area contributed by atoms with Crippen molar-refractivity contribution in [2.24, 2.45) is 5.84 Å².